The Kier molecular flexibility index (Phi) is 5.50. The van der Waals surface area contributed by atoms with Gasteiger partial charge in [-0.25, -0.2) is 0 Å². The number of ether oxygens (including phenoxy) is 1. The fraction of sp³-hybridized carbons (Fsp3) is 0.0769. The van der Waals surface area contributed by atoms with Gasteiger partial charge in [0.25, 0.3) is 11.7 Å². The van der Waals surface area contributed by atoms with Crippen LogP contribution >= 0.6 is 0 Å². The number of ketones is 1. The maximum Gasteiger partial charge on any atom is 0.300 e. The van der Waals surface area contributed by atoms with Gasteiger partial charge < -0.3 is 19.6 Å². The first-order valence-corrected chi connectivity index (χ1v) is 10.6. The van der Waals surface area contributed by atoms with Gasteiger partial charge in [-0.2, -0.15) is 4.73 Å². The number of aromatic nitrogens is 2. The number of benzene rings is 2. The van der Waals surface area contributed by atoms with Crippen molar-refractivity contribution in [3.8, 4) is 17.0 Å². The van der Waals surface area contributed by atoms with E-state index in [2.05, 4.69) is 5.16 Å². The number of nitrogens with zero attached hydrogens (tertiary/aromatic N) is 3. The lowest BCUT2D eigenvalue weighted by atomic mass is 9.98. The van der Waals surface area contributed by atoms with Crippen molar-refractivity contribution in [3.63, 3.8) is 0 Å². The lowest BCUT2D eigenvalue weighted by molar-refractivity contribution is -0.614. The Morgan fingerprint density at radius 2 is 1.80 bits per heavy atom. The molecule has 0 radical (unpaired) electrons. The molecule has 0 saturated carbocycles. The van der Waals surface area contributed by atoms with Crippen LogP contribution in [-0.4, -0.2) is 29.1 Å². The number of aliphatic hydroxyl groups is 1. The Hall–Kier alpha value is -4.92. The summed E-state index contributed by atoms with van der Waals surface area (Å²) in [7, 11) is 1.51. The van der Waals surface area contributed by atoms with E-state index in [0.29, 0.717) is 27.4 Å². The van der Waals surface area contributed by atoms with E-state index in [4.69, 9.17) is 9.26 Å². The zero-order chi connectivity index (χ0) is 24.5. The molecule has 0 aliphatic carbocycles. The lowest BCUT2D eigenvalue weighted by Crippen LogP contribution is -2.39. The van der Waals surface area contributed by atoms with Crippen molar-refractivity contribution in [2.75, 3.05) is 12.0 Å². The van der Waals surface area contributed by atoms with Crippen LogP contribution in [0.5, 0.6) is 5.75 Å². The molecule has 174 valence electrons. The third-order valence-corrected chi connectivity index (χ3v) is 5.82. The van der Waals surface area contributed by atoms with E-state index < -0.39 is 17.7 Å². The van der Waals surface area contributed by atoms with Crippen LogP contribution in [0.3, 0.4) is 0 Å². The number of methoxy groups -OCH3 is 1. The fourth-order valence-corrected chi connectivity index (χ4v) is 4.09. The van der Waals surface area contributed by atoms with Crippen LogP contribution in [0, 0.1) is 5.21 Å². The molecule has 1 aliphatic heterocycles. The molecule has 9 nitrogen and oxygen atoms in total. The van der Waals surface area contributed by atoms with E-state index in [1.807, 2.05) is 0 Å². The predicted molar refractivity (Wildman–Crippen MR) is 125 cm³/mol. The maximum absolute atomic E-state index is 13.2. The molecule has 35 heavy (non-hydrogen) atoms. The van der Waals surface area contributed by atoms with Crippen molar-refractivity contribution in [1.82, 2.24) is 5.16 Å². The zero-order valence-corrected chi connectivity index (χ0v) is 18.5. The van der Waals surface area contributed by atoms with Crippen molar-refractivity contribution < 1.29 is 28.7 Å². The van der Waals surface area contributed by atoms with Gasteiger partial charge in [0.15, 0.2) is 12.2 Å². The van der Waals surface area contributed by atoms with Crippen LogP contribution < -0.4 is 14.4 Å². The number of carbonyl (C=O) groups is 2. The van der Waals surface area contributed by atoms with Gasteiger partial charge >= 0.3 is 0 Å². The summed E-state index contributed by atoms with van der Waals surface area (Å²) in [5.41, 5.74) is 1.96. The van der Waals surface area contributed by atoms with Crippen LogP contribution in [0.15, 0.2) is 95.4 Å². The molecule has 1 aliphatic rings. The van der Waals surface area contributed by atoms with Gasteiger partial charge in [0, 0.05) is 35.0 Å². The number of pyridine rings is 1. The molecule has 1 unspecified atom stereocenters. The highest BCUT2D eigenvalue weighted by Crippen LogP contribution is 2.41. The molecule has 2 aromatic heterocycles. The molecule has 2 aromatic carbocycles. The number of hydrogen-bond acceptors (Lipinski definition) is 7. The zero-order valence-electron chi connectivity index (χ0n) is 18.5. The Morgan fingerprint density at radius 1 is 1.06 bits per heavy atom. The predicted octanol–water partition coefficient (Wildman–Crippen LogP) is 3.61. The van der Waals surface area contributed by atoms with E-state index in [1.165, 1.54) is 30.5 Å². The number of aliphatic hydroxyl groups excluding tert-OH is 1. The molecule has 5 rings (SSSR count). The summed E-state index contributed by atoms with van der Waals surface area (Å²) >= 11 is 0. The highest BCUT2D eigenvalue weighted by molar-refractivity contribution is 6.51. The van der Waals surface area contributed by atoms with Crippen LogP contribution in [0.4, 0.5) is 5.69 Å². The van der Waals surface area contributed by atoms with Gasteiger partial charge in [-0.05, 0) is 42.5 Å². The first-order chi connectivity index (χ1) is 17.0. The number of amides is 1. The van der Waals surface area contributed by atoms with Crippen LogP contribution in [-0.2, 0) is 9.59 Å². The van der Waals surface area contributed by atoms with E-state index in [9.17, 15) is 19.9 Å². The molecule has 0 bridgehead atoms. The minimum atomic E-state index is -1.14. The highest BCUT2D eigenvalue weighted by atomic mass is 16.5. The average molecular weight is 469 g/mol. The van der Waals surface area contributed by atoms with Gasteiger partial charge in [0.05, 0.1) is 12.7 Å². The quantitative estimate of drug-likeness (QED) is 0.156. The van der Waals surface area contributed by atoms with Crippen molar-refractivity contribution in [1.29, 1.82) is 0 Å². The van der Waals surface area contributed by atoms with Gasteiger partial charge in [0.2, 0.25) is 5.69 Å². The molecule has 1 amide bonds. The summed E-state index contributed by atoms with van der Waals surface area (Å²) < 4.78 is 10.6. The summed E-state index contributed by atoms with van der Waals surface area (Å²) in [5.74, 6) is -1.58. The summed E-state index contributed by atoms with van der Waals surface area (Å²) in [4.78, 5) is 27.7. The number of hydrogen-bond donors (Lipinski definition) is 1. The Balaban J connectivity index is 1.66. The molecule has 0 spiro atoms. The van der Waals surface area contributed by atoms with E-state index in [1.54, 1.807) is 66.7 Å². The maximum atomic E-state index is 13.2. The first kappa shape index (κ1) is 21.9. The van der Waals surface area contributed by atoms with E-state index in [0.717, 1.165) is 5.56 Å². The molecule has 1 N–H and O–H groups in total. The largest absolute Gasteiger partial charge is 0.618 e. The second-order valence-corrected chi connectivity index (χ2v) is 7.78. The molecule has 1 atom stereocenters. The molecular formula is C26H19N3O6. The van der Waals surface area contributed by atoms with E-state index >= 15 is 0 Å². The third kappa shape index (κ3) is 3.78. The molecule has 3 heterocycles. The van der Waals surface area contributed by atoms with Crippen molar-refractivity contribution in [3.05, 3.63) is 107 Å². The molecular weight excluding hydrogens is 450 g/mol. The SMILES string of the molecule is COc1ccc(/C(O)=C2/C(=O)C(=O)N(c3ccc(-c4ccon4)cc3)C2c2cccc[n+]2[O-])cc1. The number of anilines is 1. The van der Waals surface area contributed by atoms with Crippen LogP contribution in [0.2, 0.25) is 0 Å². The Bertz CT molecular complexity index is 1430. The van der Waals surface area contributed by atoms with Gasteiger partial charge in [-0.15, -0.1) is 0 Å². The summed E-state index contributed by atoms with van der Waals surface area (Å²) in [6.45, 7) is 0. The van der Waals surface area contributed by atoms with Crippen molar-refractivity contribution in [2.24, 2.45) is 0 Å². The summed E-state index contributed by atoms with van der Waals surface area (Å²) in [6, 6.07) is 18.4. The number of carbonyl (C=O) groups excluding carboxylic acids is 2. The monoisotopic (exact) mass is 469 g/mol. The standard InChI is InChI=1S/C26H19N3O6/c1-34-19-11-7-17(8-12-19)24(30)22-23(21-4-2-3-14-28(21)33)29(26(32)25(22)31)18-9-5-16(6-10-18)20-13-15-35-27-20/h2-15,23,30H,1H3/b24-22-. The van der Waals surface area contributed by atoms with Crippen molar-refractivity contribution in [2.45, 2.75) is 6.04 Å². The summed E-state index contributed by atoms with van der Waals surface area (Å²) in [6.07, 6.45) is 2.72. The lowest BCUT2D eigenvalue weighted by Gasteiger charge is -2.24. The molecule has 1 saturated heterocycles. The fourth-order valence-electron chi connectivity index (χ4n) is 4.09. The molecule has 4 aromatic rings. The highest BCUT2D eigenvalue weighted by Gasteiger charge is 2.50. The van der Waals surface area contributed by atoms with Gasteiger partial charge in [-0.1, -0.05) is 17.3 Å². The second-order valence-electron chi connectivity index (χ2n) is 7.78. The Labute approximate surface area is 199 Å². The smallest absolute Gasteiger partial charge is 0.300 e. The minimum Gasteiger partial charge on any atom is -0.618 e. The molecule has 9 heteroatoms. The average Bonchev–Trinajstić information content (AvgIpc) is 3.51. The van der Waals surface area contributed by atoms with Crippen LogP contribution in [0.25, 0.3) is 17.0 Å². The number of rotatable bonds is 5. The Morgan fingerprint density at radius 3 is 2.43 bits per heavy atom. The first-order valence-electron chi connectivity index (χ1n) is 10.6. The number of Topliss-reactive ketones (excluding diaryl/α,β-unsaturated/α-hetero) is 1. The van der Waals surface area contributed by atoms with Crippen LogP contribution in [0.1, 0.15) is 17.3 Å². The van der Waals surface area contributed by atoms with E-state index in [-0.39, 0.29) is 17.0 Å². The second kappa shape index (κ2) is 8.79. The van der Waals surface area contributed by atoms with Gasteiger partial charge in [0.1, 0.15) is 23.5 Å². The molecule has 1 fully saturated rings. The topological polar surface area (TPSA) is 120 Å². The van der Waals surface area contributed by atoms with Gasteiger partial charge in [-0.3, -0.25) is 14.5 Å². The minimum absolute atomic E-state index is 0.113. The normalized spacial score (nSPS) is 17.1. The third-order valence-electron chi connectivity index (χ3n) is 5.82. The summed E-state index contributed by atoms with van der Waals surface area (Å²) in [5, 5.41) is 27.8. The van der Waals surface area contributed by atoms with Crippen molar-refractivity contribution >= 4 is 23.1 Å².